The van der Waals surface area contributed by atoms with Gasteiger partial charge in [0.15, 0.2) is 5.69 Å². The van der Waals surface area contributed by atoms with Crippen LogP contribution in [-0.4, -0.2) is 34.5 Å². The van der Waals surface area contributed by atoms with E-state index >= 15 is 0 Å². The van der Waals surface area contributed by atoms with Gasteiger partial charge in [0.2, 0.25) is 0 Å². The zero-order chi connectivity index (χ0) is 15.4. The fraction of sp³-hybridized carbons (Fsp3) is 0.357. The van der Waals surface area contributed by atoms with E-state index in [9.17, 15) is 4.79 Å². The lowest BCUT2D eigenvalue weighted by molar-refractivity contribution is 0.0589. The number of nitrogens with zero attached hydrogens (tertiary/aromatic N) is 3. The van der Waals surface area contributed by atoms with Crippen molar-refractivity contribution in [3.05, 3.63) is 28.7 Å². The Bertz CT molecular complexity index is 673. The van der Waals surface area contributed by atoms with Crippen LogP contribution in [0.1, 0.15) is 28.0 Å². The minimum absolute atomic E-state index is 0.395. The number of aryl methyl sites for hydroxylation is 2. The molecule has 0 unspecified atom stereocenters. The molecule has 0 saturated heterocycles. The summed E-state index contributed by atoms with van der Waals surface area (Å²) in [6.45, 7) is 4.46. The van der Waals surface area contributed by atoms with E-state index in [1.165, 1.54) is 23.1 Å². The minimum atomic E-state index is -0.427. The molecule has 0 bridgehead atoms. The van der Waals surface area contributed by atoms with Gasteiger partial charge >= 0.3 is 5.97 Å². The summed E-state index contributed by atoms with van der Waals surface area (Å²) in [6, 6.07) is 0. The number of hydrogen-bond donors (Lipinski definition) is 0. The summed E-state index contributed by atoms with van der Waals surface area (Å²) in [4.78, 5) is 17.3. The van der Waals surface area contributed by atoms with E-state index < -0.39 is 5.97 Å². The van der Waals surface area contributed by atoms with Crippen LogP contribution < -0.4 is 0 Å². The Morgan fingerprint density at radius 1 is 1.52 bits per heavy atom. The molecule has 112 valence electrons. The fourth-order valence-corrected chi connectivity index (χ4v) is 2.78. The number of esters is 1. The van der Waals surface area contributed by atoms with Crippen LogP contribution in [0.15, 0.2) is 12.5 Å². The highest BCUT2D eigenvalue weighted by molar-refractivity contribution is 7.16. The number of carbonyl (C=O) groups excluding carboxylic acids is 1. The number of carbonyl (C=O) groups is 1. The van der Waals surface area contributed by atoms with E-state index in [0.717, 1.165) is 15.6 Å². The highest BCUT2D eigenvalue weighted by Gasteiger charge is 2.21. The molecule has 7 heteroatoms. The maximum atomic E-state index is 11.9. The molecule has 0 saturated carbocycles. The molecule has 2 aromatic rings. The zero-order valence-corrected chi connectivity index (χ0v) is 13.2. The Hall–Kier alpha value is -2.15. The van der Waals surface area contributed by atoms with Crippen molar-refractivity contribution in [2.24, 2.45) is 7.05 Å². The molecular formula is C14H17N3O3S. The first-order chi connectivity index (χ1) is 10.1. The Kier molecular flexibility index (Phi) is 4.74. The van der Waals surface area contributed by atoms with E-state index in [-0.39, 0.29) is 0 Å². The van der Waals surface area contributed by atoms with Crippen LogP contribution in [0.25, 0.3) is 16.6 Å². The molecule has 0 spiro atoms. The maximum Gasteiger partial charge on any atom is 0.357 e. The fourth-order valence-electron chi connectivity index (χ4n) is 1.82. The van der Waals surface area contributed by atoms with Gasteiger partial charge in [0.05, 0.1) is 42.3 Å². The third-order valence-corrected chi connectivity index (χ3v) is 4.02. The Morgan fingerprint density at radius 2 is 2.29 bits per heavy atom. The average Bonchev–Trinajstić information content (AvgIpc) is 3.02. The van der Waals surface area contributed by atoms with Gasteiger partial charge in [0, 0.05) is 7.05 Å². The van der Waals surface area contributed by atoms with E-state index in [1.807, 2.05) is 19.9 Å². The molecule has 0 aliphatic rings. The quantitative estimate of drug-likeness (QED) is 0.627. The van der Waals surface area contributed by atoms with Crippen molar-refractivity contribution in [1.29, 1.82) is 0 Å². The topological polar surface area (TPSA) is 66.2 Å². The Morgan fingerprint density at radius 3 is 2.95 bits per heavy atom. The third-order valence-electron chi connectivity index (χ3n) is 2.86. The van der Waals surface area contributed by atoms with Gasteiger partial charge in [-0.15, -0.1) is 11.3 Å². The van der Waals surface area contributed by atoms with Gasteiger partial charge in [-0.2, -0.15) is 5.10 Å². The molecule has 2 rings (SSSR count). The van der Waals surface area contributed by atoms with Crippen LogP contribution in [-0.2, 0) is 16.5 Å². The first-order valence-electron chi connectivity index (χ1n) is 6.44. The minimum Gasteiger partial charge on any atom is -0.501 e. The Balaban J connectivity index is 2.40. The first kappa shape index (κ1) is 15.2. The lowest BCUT2D eigenvalue weighted by Crippen LogP contribution is -2.09. The van der Waals surface area contributed by atoms with Crippen molar-refractivity contribution in [3.63, 3.8) is 0 Å². The van der Waals surface area contributed by atoms with Gasteiger partial charge in [-0.3, -0.25) is 4.68 Å². The second-order valence-electron chi connectivity index (χ2n) is 4.25. The number of aromatic nitrogens is 3. The molecule has 0 aromatic carbocycles. The molecule has 0 aliphatic heterocycles. The van der Waals surface area contributed by atoms with Crippen LogP contribution in [0.2, 0.25) is 0 Å². The SMILES string of the molecule is CCO/C=C/c1sc(-c2cnn(C)c2C(=O)OC)nc1C. The third kappa shape index (κ3) is 3.13. The summed E-state index contributed by atoms with van der Waals surface area (Å²) >= 11 is 1.48. The zero-order valence-electron chi connectivity index (χ0n) is 12.4. The number of ether oxygens (including phenoxy) is 2. The molecule has 21 heavy (non-hydrogen) atoms. The number of methoxy groups -OCH3 is 1. The molecule has 0 atom stereocenters. The van der Waals surface area contributed by atoms with E-state index in [0.29, 0.717) is 17.9 Å². The summed E-state index contributed by atoms with van der Waals surface area (Å²) in [6.07, 6.45) is 5.14. The van der Waals surface area contributed by atoms with Gasteiger partial charge in [0.1, 0.15) is 5.01 Å². The molecular weight excluding hydrogens is 290 g/mol. The van der Waals surface area contributed by atoms with Crippen LogP contribution in [0.3, 0.4) is 0 Å². The molecule has 0 fully saturated rings. The number of rotatable bonds is 5. The molecule has 0 amide bonds. The Labute approximate surface area is 127 Å². The summed E-state index contributed by atoms with van der Waals surface area (Å²) in [5.41, 5.74) is 1.95. The van der Waals surface area contributed by atoms with Crippen LogP contribution >= 0.6 is 11.3 Å². The van der Waals surface area contributed by atoms with Gasteiger partial charge < -0.3 is 9.47 Å². The first-order valence-corrected chi connectivity index (χ1v) is 7.26. The van der Waals surface area contributed by atoms with Gasteiger partial charge in [-0.25, -0.2) is 9.78 Å². The molecule has 2 heterocycles. The van der Waals surface area contributed by atoms with Crippen LogP contribution in [0.5, 0.6) is 0 Å². The standard InChI is InChI=1S/C14H17N3O3S/c1-5-20-7-6-11-9(2)16-13(21-11)10-8-15-17(3)12(10)14(18)19-4/h6-8H,5H2,1-4H3/b7-6+. The summed E-state index contributed by atoms with van der Waals surface area (Å²) < 4.78 is 11.5. The lowest BCUT2D eigenvalue weighted by Gasteiger charge is -2.01. The summed E-state index contributed by atoms with van der Waals surface area (Å²) in [5.74, 6) is -0.427. The van der Waals surface area contributed by atoms with Crippen molar-refractivity contribution < 1.29 is 14.3 Å². The van der Waals surface area contributed by atoms with E-state index in [2.05, 4.69) is 10.1 Å². The second kappa shape index (κ2) is 6.53. The number of thiazole rings is 1. The highest BCUT2D eigenvalue weighted by Crippen LogP contribution is 2.31. The predicted molar refractivity (Wildman–Crippen MR) is 81.1 cm³/mol. The highest BCUT2D eigenvalue weighted by atomic mass is 32.1. The van der Waals surface area contributed by atoms with Crippen molar-refractivity contribution in [1.82, 2.24) is 14.8 Å². The van der Waals surface area contributed by atoms with Crippen molar-refractivity contribution in [2.75, 3.05) is 13.7 Å². The molecule has 6 nitrogen and oxygen atoms in total. The number of hydrogen-bond acceptors (Lipinski definition) is 6. The maximum absolute atomic E-state index is 11.9. The second-order valence-corrected chi connectivity index (χ2v) is 5.28. The smallest absolute Gasteiger partial charge is 0.357 e. The normalized spacial score (nSPS) is 11.0. The van der Waals surface area contributed by atoms with Crippen molar-refractivity contribution >= 4 is 23.4 Å². The molecule has 0 aliphatic carbocycles. The monoisotopic (exact) mass is 307 g/mol. The van der Waals surface area contributed by atoms with Gasteiger partial charge in [-0.1, -0.05) is 0 Å². The summed E-state index contributed by atoms with van der Waals surface area (Å²) in [7, 11) is 3.05. The van der Waals surface area contributed by atoms with E-state index in [1.54, 1.807) is 19.5 Å². The van der Waals surface area contributed by atoms with Gasteiger partial charge in [-0.05, 0) is 19.9 Å². The average molecular weight is 307 g/mol. The van der Waals surface area contributed by atoms with Crippen molar-refractivity contribution in [2.45, 2.75) is 13.8 Å². The predicted octanol–water partition coefficient (Wildman–Crippen LogP) is 2.65. The summed E-state index contributed by atoms with van der Waals surface area (Å²) in [5, 5.41) is 4.85. The molecule has 0 radical (unpaired) electrons. The lowest BCUT2D eigenvalue weighted by atomic mass is 10.2. The van der Waals surface area contributed by atoms with Crippen LogP contribution in [0.4, 0.5) is 0 Å². The van der Waals surface area contributed by atoms with Crippen LogP contribution in [0, 0.1) is 6.92 Å². The largest absolute Gasteiger partial charge is 0.501 e. The van der Waals surface area contributed by atoms with Gasteiger partial charge in [0.25, 0.3) is 0 Å². The van der Waals surface area contributed by atoms with Crippen molar-refractivity contribution in [3.8, 4) is 10.6 Å². The molecule has 2 aromatic heterocycles. The van der Waals surface area contributed by atoms with E-state index in [4.69, 9.17) is 9.47 Å². The molecule has 0 N–H and O–H groups in total.